The summed E-state index contributed by atoms with van der Waals surface area (Å²) >= 11 is 0. The predicted octanol–water partition coefficient (Wildman–Crippen LogP) is -0.908. The van der Waals surface area contributed by atoms with Gasteiger partial charge in [-0.25, -0.2) is 4.98 Å². The molecular formula is C12H21N5O2. The van der Waals surface area contributed by atoms with Crippen molar-refractivity contribution in [3.05, 3.63) is 18.2 Å². The SMILES string of the molecule is NCCCCC(C=O)NC(=O)C(N)Cc1cnc[nH]1. The molecule has 0 saturated carbocycles. The number of aldehydes is 1. The Morgan fingerprint density at radius 3 is 2.89 bits per heavy atom. The Bertz CT molecular complexity index is 379. The van der Waals surface area contributed by atoms with E-state index in [1.807, 2.05) is 0 Å². The van der Waals surface area contributed by atoms with Gasteiger partial charge in [-0.1, -0.05) is 0 Å². The van der Waals surface area contributed by atoms with Crippen LogP contribution in [0.1, 0.15) is 25.0 Å². The number of nitrogens with two attached hydrogens (primary N) is 2. The Balaban J connectivity index is 2.36. The molecule has 106 valence electrons. The first kappa shape index (κ1) is 15.3. The maximum Gasteiger partial charge on any atom is 0.237 e. The van der Waals surface area contributed by atoms with E-state index in [4.69, 9.17) is 11.5 Å². The summed E-state index contributed by atoms with van der Waals surface area (Å²) in [6.07, 6.45) is 6.46. The lowest BCUT2D eigenvalue weighted by atomic mass is 10.1. The fourth-order valence-electron chi connectivity index (χ4n) is 1.70. The Kier molecular flexibility index (Phi) is 6.76. The Hall–Kier alpha value is -1.73. The molecule has 1 amide bonds. The number of hydrogen-bond donors (Lipinski definition) is 4. The fraction of sp³-hybridized carbons (Fsp3) is 0.583. The Morgan fingerprint density at radius 1 is 1.53 bits per heavy atom. The van der Waals surface area contributed by atoms with Crippen LogP contribution in [-0.4, -0.2) is 40.8 Å². The van der Waals surface area contributed by atoms with Gasteiger partial charge in [-0.05, 0) is 25.8 Å². The molecule has 0 aliphatic heterocycles. The van der Waals surface area contributed by atoms with Crippen molar-refractivity contribution < 1.29 is 9.59 Å². The summed E-state index contributed by atoms with van der Waals surface area (Å²) in [5, 5.41) is 2.63. The van der Waals surface area contributed by atoms with E-state index in [2.05, 4.69) is 15.3 Å². The molecule has 0 aliphatic rings. The highest BCUT2D eigenvalue weighted by Crippen LogP contribution is 2.00. The van der Waals surface area contributed by atoms with E-state index in [9.17, 15) is 9.59 Å². The van der Waals surface area contributed by atoms with Crippen molar-refractivity contribution in [3.63, 3.8) is 0 Å². The second-order valence-corrected chi connectivity index (χ2v) is 4.42. The summed E-state index contributed by atoms with van der Waals surface area (Å²) in [5.74, 6) is -0.334. The molecule has 1 rings (SSSR count). The van der Waals surface area contributed by atoms with Crippen LogP contribution in [0, 0.1) is 0 Å². The smallest absolute Gasteiger partial charge is 0.237 e. The first-order chi connectivity index (χ1) is 9.17. The molecule has 1 heterocycles. The third kappa shape index (κ3) is 5.62. The van der Waals surface area contributed by atoms with E-state index in [1.165, 1.54) is 6.33 Å². The quantitative estimate of drug-likeness (QED) is 0.340. The minimum absolute atomic E-state index is 0.334. The third-order valence-corrected chi connectivity index (χ3v) is 2.79. The molecule has 7 heteroatoms. The molecule has 0 radical (unpaired) electrons. The lowest BCUT2D eigenvalue weighted by Crippen LogP contribution is -2.47. The van der Waals surface area contributed by atoms with Crippen LogP contribution in [0.2, 0.25) is 0 Å². The summed E-state index contributed by atoms with van der Waals surface area (Å²) < 4.78 is 0. The second-order valence-electron chi connectivity index (χ2n) is 4.42. The van der Waals surface area contributed by atoms with Crippen molar-refractivity contribution >= 4 is 12.2 Å². The number of imidazole rings is 1. The first-order valence-corrected chi connectivity index (χ1v) is 6.36. The monoisotopic (exact) mass is 267 g/mol. The first-order valence-electron chi connectivity index (χ1n) is 6.36. The van der Waals surface area contributed by atoms with Crippen molar-refractivity contribution in [2.45, 2.75) is 37.8 Å². The van der Waals surface area contributed by atoms with Crippen molar-refractivity contribution in [3.8, 4) is 0 Å². The van der Waals surface area contributed by atoms with Crippen LogP contribution >= 0.6 is 0 Å². The number of nitrogens with one attached hydrogen (secondary N) is 2. The number of hydrogen-bond acceptors (Lipinski definition) is 5. The van der Waals surface area contributed by atoms with Gasteiger partial charge in [0.05, 0.1) is 18.4 Å². The highest BCUT2D eigenvalue weighted by Gasteiger charge is 2.18. The van der Waals surface area contributed by atoms with Gasteiger partial charge < -0.3 is 26.6 Å². The van der Waals surface area contributed by atoms with Crippen LogP contribution in [0.4, 0.5) is 0 Å². The summed E-state index contributed by atoms with van der Waals surface area (Å²) in [6, 6.07) is -1.19. The summed E-state index contributed by atoms with van der Waals surface area (Å²) in [5.41, 5.74) is 11.9. The van der Waals surface area contributed by atoms with Gasteiger partial charge in [0, 0.05) is 18.3 Å². The van der Waals surface area contributed by atoms with Crippen LogP contribution in [0.3, 0.4) is 0 Å². The van der Waals surface area contributed by atoms with Gasteiger partial charge in [0.2, 0.25) is 5.91 Å². The maximum atomic E-state index is 11.8. The Labute approximate surface area is 112 Å². The van der Waals surface area contributed by atoms with Crippen LogP contribution in [0.5, 0.6) is 0 Å². The maximum absolute atomic E-state index is 11.8. The number of nitrogens with zero attached hydrogens (tertiary/aromatic N) is 1. The average Bonchev–Trinajstić information content (AvgIpc) is 2.90. The van der Waals surface area contributed by atoms with E-state index in [-0.39, 0.29) is 5.91 Å². The van der Waals surface area contributed by atoms with Crippen LogP contribution in [0.25, 0.3) is 0 Å². The third-order valence-electron chi connectivity index (χ3n) is 2.79. The van der Waals surface area contributed by atoms with Gasteiger partial charge >= 0.3 is 0 Å². The van der Waals surface area contributed by atoms with E-state index < -0.39 is 12.1 Å². The molecule has 6 N–H and O–H groups in total. The van der Waals surface area contributed by atoms with Crippen molar-refractivity contribution in [1.29, 1.82) is 0 Å². The molecule has 2 atom stereocenters. The van der Waals surface area contributed by atoms with E-state index in [0.29, 0.717) is 19.4 Å². The van der Waals surface area contributed by atoms with Gasteiger partial charge in [0.25, 0.3) is 0 Å². The van der Waals surface area contributed by atoms with Crippen molar-refractivity contribution in [1.82, 2.24) is 15.3 Å². The fourth-order valence-corrected chi connectivity index (χ4v) is 1.70. The molecule has 0 spiro atoms. The van der Waals surface area contributed by atoms with E-state index in [0.717, 1.165) is 24.8 Å². The average molecular weight is 267 g/mol. The number of carbonyl (C=O) groups is 2. The molecule has 7 nitrogen and oxygen atoms in total. The van der Waals surface area contributed by atoms with Gasteiger partial charge in [-0.2, -0.15) is 0 Å². The van der Waals surface area contributed by atoms with Crippen LogP contribution in [-0.2, 0) is 16.0 Å². The number of carbonyl (C=O) groups excluding carboxylic acids is 2. The molecule has 0 saturated heterocycles. The zero-order valence-corrected chi connectivity index (χ0v) is 10.8. The molecule has 19 heavy (non-hydrogen) atoms. The summed E-state index contributed by atoms with van der Waals surface area (Å²) in [7, 11) is 0. The van der Waals surface area contributed by atoms with Gasteiger partial charge in [0.1, 0.15) is 6.29 Å². The lowest BCUT2D eigenvalue weighted by Gasteiger charge is -2.16. The zero-order chi connectivity index (χ0) is 14.1. The molecule has 0 aromatic carbocycles. The van der Waals surface area contributed by atoms with Crippen LogP contribution in [0.15, 0.2) is 12.5 Å². The van der Waals surface area contributed by atoms with E-state index >= 15 is 0 Å². The summed E-state index contributed by atoms with van der Waals surface area (Å²) in [6.45, 7) is 0.582. The predicted molar refractivity (Wildman–Crippen MR) is 71.2 cm³/mol. The molecule has 0 bridgehead atoms. The largest absolute Gasteiger partial charge is 0.348 e. The standard InChI is InChI=1S/C12H21N5O2/c13-4-2-1-3-9(7-18)17-12(19)11(14)5-10-6-15-8-16-10/h6-9,11H,1-5,13-14H2,(H,15,16)(H,17,19). The second kappa shape index (κ2) is 8.39. The topological polar surface area (TPSA) is 127 Å². The minimum Gasteiger partial charge on any atom is -0.348 e. The highest BCUT2D eigenvalue weighted by molar-refractivity contribution is 5.84. The van der Waals surface area contributed by atoms with Gasteiger partial charge in [-0.15, -0.1) is 0 Å². The minimum atomic E-state index is -0.697. The summed E-state index contributed by atoms with van der Waals surface area (Å²) in [4.78, 5) is 29.4. The number of aromatic nitrogens is 2. The molecule has 0 fully saturated rings. The number of rotatable bonds is 9. The van der Waals surface area contributed by atoms with Crippen molar-refractivity contribution in [2.75, 3.05) is 6.54 Å². The number of unbranched alkanes of at least 4 members (excludes halogenated alkanes) is 1. The van der Waals surface area contributed by atoms with E-state index in [1.54, 1.807) is 6.20 Å². The lowest BCUT2D eigenvalue weighted by molar-refractivity contribution is -0.125. The van der Waals surface area contributed by atoms with Gasteiger partial charge in [-0.3, -0.25) is 4.79 Å². The molecule has 0 aliphatic carbocycles. The molecule has 1 aromatic heterocycles. The zero-order valence-electron chi connectivity index (χ0n) is 10.8. The van der Waals surface area contributed by atoms with Crippen LogP contribution < -0.4 is 16.8 Å². The Morgan fingerprint density at radius 2 is 2.32 bits per heavy atom. The van der Waals surface area contributed by atoms with Gasteiger partial charge in [0.15, 0.2) is 0 Å². The van der Waals surface area contributed by atoms with Crippen molar-refractivity contribution in [2.24, 2.45) is 11.5 Å². The molecule has 2 unspecified atom stereocenters. The normalized spacial score (nSPS) is 13.8. The number of H-pyrrole nitrogens is 1. The number of aromatic amines is 1. The molecular weight excluding hydrogens is 246 g/mol. The molecule has 1 aromatic rings. The number of amides is 1. The highest BCUT2D eigenvalue weighted by atomic mass is 16.2.